The van der Waals surface area contributed by atoms with Gasteiger partial charge in [-0.1, -0.05) is 24.6 Å². The van der Waals surface area contributed by atoms with Crippen molar-refractivity contribution in [2.45, 2.75) is 13.8 Å². The van der Waals surface area contributed by atoms with Gasteiger partial charge in [-0.2, -0.15) is 0 Å². The van der Waals surface area contributed by atoms with E-state index in [4.69, 9.17) is 5.11 Å². The van der Waals surface area contributed by atoms with E-state index in [1.54, 1.807) is 4.90 Å². The van der Waals surface area contributed by atoms with Gasteiger partial charge in [0.2, 0.25) is 11.8 Å². The Kier molecular flexibility index (Phi) is 6.25. The number of nitrogens with one attached hydrogen (secondary N) is 1. The van der Waals surface area contributed by atoms with Crippen molar-refractivity contribution >= 4 is 35.2 Å². The molecule has 24 heavy (non-hydrogen) atoms. The average molecular weight is 350 g/mol. The van der Waals surface area contributed by atoms with Crippen LogP contribution in [0.5, 0.6) is 0 Å². The van der Waals surface area contributed by atoms with E-state index in [0.29, 0.717) is 6.54 Å². The smallest absolute Gasteiger partial charge is 0.308 e. The Morgan fingerprint density at radius 1 is 1.21 bits per heavy atom. The van der Waals surface area contributed by atoms with Crippen LogP contribution in [0.25, 0.3) is 0 Å². The first-order valence-electron chi connectivity index (χ1n) is 7.81. The van der Waals surface area contributed by atoms with Gasteiger partial charge in [0.25, 0.3) is 0 Å². The van der Waals surface area contributed by atoms with E-state index in [1.165, 1.54) is 11.8 Å². The third-order valence-electron chi connectivity index (χ3n) is 4.08. The lowest BCUT2D eigenvalue weighted by Gasteiger charge is -2.15. The fourth-order valence-electron chi connectivity index (χ4n) is 2.65. The fourth-order valence-corrected chi connectivity index (χ4v) is 3.37. The van der Waals surface area contributed by atoms with E-state index in [0.717, 1.165) is 11.3 Å². The van der Waals surface area contributed by atoms with Crippen molar-refractivity contribution in [3.63, 3.8) is 0 Å². The molecule has 0 spiro atoms. The van der Waals surface area contributed by atoms with Crippen LogP contribution in [-0.4, -0.2) is 52.4 Å². The van der Waals surface area contributed by atoms with E-state index in [2.05, 4.69) is 5.32 Å². The maximum Gasteiger partial charge on any atom is 0.308 e. The van der Waals surface area contributed by atoms with Crippen molar-refractivity contribution in [3.8, 4) is 0 Å². The van der Waals surface area contributed by atoms with Crippen molar-refractivity contribution in [1.82, 2.24) is 4.90 Å². The molecule has 1 aliphatic rings. The second-order valence-corrected chi connectivity index (χ2v) is 7.11. The topological polar surface area (TPSA) is 86.7 Å². The summed E-state index contributed by atoms with van der Waals surface area (Å²) in [6, 6.07) is 7.50. The zero-order valence-electron chi connectivity index (χ0n) is 13.8. The molecule has 0 aliphatic carbocycles. The molecular formula is C17H22N2O4S. The molecule has 7 heteroatoms. The SMILES string of the molecule is Cc1ccc(NC(=O)CSCC(=O)N2C[C@@H](C)[C@H](C(=O)O)C2)cc1. The van der Waals surface area contributed by atoms with Gasteiger partial charge in [0, 0.05) is 18.8 Å². The largest absolute Gasteiger partial charge is 0.481 e. The van der Waals surface area contributed by atoms with Crippen molar-refractivity contribution in [2.75, 3.05) is 29.9 Å². The second kappa shape index (κ2) is 8.19. The zero-order chi connectivity index (χ0) is 17.7. The first kappa shape index (κ1) is 18.3. The minimum absolute atomic E-state index is 0.0405. The lowest BCUT2D eigenvalue weighted by Crippen LogP contribution is -2.31. The number of carboxylic acid groups (broad SMARTS) is 1. The number of benzene rings is 1. The molecule has 1 saturated heterocycles. The van der Waals surface area contributed by atoms with Crippen LogP contribution in [0.4, 0.5) is 5.69 Å². The Balaban J connectivity index is 1.72. The summed E-state index contributed by atoms with van der Waals surface area (Å²) in [5.41, 5.74) is 1.85. The van der Waals surface area contributed by atoms with Crippen molar-refractivity contribution in [1.29, 1.82) is 0 Å². The van der Waals surface area contributed by atoms with Crippen LogP contribution in [-0.2, 0) is 14.4 Å². The van der Waals surface area contributed by atoms with E-state index >= 15 is 0 Å². The van der Waals surface area contributed by atoms with Gasteiger partial charge in [0.15, 0.2) is 0 Å². The molecule has 130 valence electrons. The molecule has 6 nitrogen and oxygen atoms in total. The van der Waals surface area contributed by atoms with E-state index in [-0.39, 0.29) is 35.8 Å². The van der Waals surface area contributed by atoms with Crippen LogP contribution in [0.2, 0.25) is 0 Å². The van der Waals surface area contributed by atoms with Crippen LogP contribution in [0.1, 0.15) is 12.5 Å². The number of carboxylic acids is 1. The Morgan fingerprint density at radius 2 is 1.88 bits per heavy atom. The number of rotatable bonds is 6. The molecule has 0 unspecified atom stereocenters. The Morgan fingerprint density at radius 3 is 2.46 bits per heavy atom. The first-order valence-corrected chi connectivity index (χ1v) is 8.97. The number of nitrogens with zero attached hydrogens (tertiary/aromatic N) is 1. The first-order chi connectivity index (χ1) is 11.4. The quantitative estimate of drug-likeness (QED) is 0.818. The highest BCUT2D eigenvalue weighted by atomic mass is 32.2. The van der Waals surface area contributed by atoms with E-state index < -0.39 is 11.9 Å². The van der Waals surface area contributed by atoms with Crippen molar-refractivity contribution in [2.24, 2.45) is 11.8 Å². The number of hydrogen-bond donors (Lipinski definition) is 2. The normalized spacial score (nSPS) is 20.0. The molecule has 1 fully saturated rings. The maximum absolute atomic E-state index is 12.1. The van der Waals surface area contributed by atoms with Crippen LogP contribution < -0.4 is 5.32 Å². The molecule has 1 heterocycles. The van der Waals surface area contributed by atoms with Gasteiger partial charge in [-0.15, -0.1) is 11.8 Å². The number of aliphatic carboxylic acids is 1. The van der Waals surface area contributed by atoms with Crippen molar-refractivity contribution in [3.05, 3.63) is 29.8 Å². The summed E-state index contributed by atoms with van der Waals surface area (Å²) >= 11 is 1.24. The number of anilines is 1. The highest BCUT2D eigenvalue weighted by Gasteiger charge is 2.36. The highest BCUT2D eigenvalue weighted by molar-refractivity contribution is 8.00. The molecule has 1 aromatic rings. The number of thioether (sulfide) groups is 1. The Bertz CT molecular complexity index is 618. The van der Waals surface area contributed by atoms with Crippen molar-refractivity contribution < 1.29 is 19.5 Å². The van der Waals surface area contributed by atoms with Crippen LogP contribution in [0, 0.1) is 18.8 Å². The summed E-state index contributed by atoms with van der Waals surface area (Å²) in [6.45, 7) is 4.53. The third-order valence-corrected chi connectivity index (χ3v) is 4.99. The van der Waals surface area contributed by atoms with Gasteiger partial charge in [-0.05, 0) is 25.0 Å². The minimum atomic E-state index is -0.858. The molecule has 1 aromatic carbocycles. The van der Waals surface area contributed by atoms with Gasteiger partial charge >= 0.3 is 5.97 Å². The molecule has 0 radical (unpaired) electrons. The predicted octanol–water partition coefficient (Wildman–Crippen LogP) is 1.85. The standard InChI is InChI=1S/C17H22N2O4S/c1-11-3-5-13(6-4-11)18-15(20)9-24-10-16(21)19-7-12(2)14(8-19)17(22)23/h3-6,12,14H,7-10H2,1-2H3,(H,18,20)(H,22,23)/t12-,14-/m1/s1. The summed E-state index contributed by atoms with van der Waals surface area (Å²) in [5.74, 6) is -1.30. The number of amides is 2. The molecule has 2 rings (SSSR count). The molecule has 1 aliphatic heterocycles. The highest BCUT2D eigenvalue weighted by Crippen LogP contribution is 2.23. The Hall–Kier alpha value is -2.02. The van der Waals surface area contributed by atoms with E-state index in [1.807, 2.05) is 38.1 Å². The monoisotopic (exact) mass is 350 g/mol. The lowest BCUT2D eigenvalue weighted by molar-refractivity contribution is -0.142. The van der Waals surface area contributed by atoms with Crippen LogP contribution >= 0.6 is 11.8 Å². The molecule has 0 aromatic heterocycles. The second-order valence-electron chi connectivity index (χ2n) is 6.13. The van der Waals surface area contributed by atoms with Crippen LogP contribution in [0.15, 0.2) is 24.3 Å². The fraction of sp³-hybridized carbons (Fsp3) is 0.471. The molecular weight excluding hydrogens is 328 g/mol. The minimum Gasteiger partial charge on any atom is -0.481 e. The van der Waals surface area contributed by atoms with E-state index in [9.17, 15) is 14.4 Å². The third kappa shape index (κ3) is 4.99. The molecule has 2 N–H and O–H groups in total. The van der Waals surface area contributed by atoms with Gasteiger partial charge < -0.3 is 15.3 Å². The Labute approximate surface area is 145 Å². The zero-order valence-corrected chi connectivity index (χ0v) is 14.6. The number of carbonyl (C=O) groups is 3. The number of likely N-dealkylation sites (tertiary alicyclic amines) is 1. The summed E-state index contributed by atoms with van der Waals surface area (Å²) in [7, 11) is 0. The summed E-state index contributed by atoms with van der Waals surface area (Å²) in [6.07, 6.45) is 0. The van der Waals surface area contributed by atoms with Crippen LogP contribution in [0.3, 0.4) is 0 Å². The van der Waals surface area contributed by atoms with Gasteiger partial charge in [0.1, 0.15) is 0 Å². The van der Waals surface area contributed by atoms with Gasteiger partial charge in [-0.25, -0.2) is 0 Å². The summed E-state index contributed by atoms with van der Waals surface area (Å²) in [5, 5.41) is 11.9. The number of hydrogen-bond acceptors (Lipinski definition) is 4. The van der Waals surface area contributed by atoms with Gasteiger partial charge in [-0.3, -0.25) is 14.4 Å². The molecule has 0 saturated carbocycles. The number of aryl methyl sites for hydroxylation is 1. The lowest BCUT2D eigenvalue weighted by atomic mass is 9.99. The molecule has 0 bridgehead atoms. The molecule has 2 amide bonds. The molecule has 2 atom stereocenters. The average Bonchev–Trinajstić information content (AvgIpc) is 2.92. The van der Waals surface area contributed by atoms with Gasteiger partial charge in [0.05, 0.1) is 17.4 Å². The summed E-state index contributed by atoms with van der Waals surface area (Å²) in [4.78, 5) is 36.6. The predicted molar refractivity (Wildman–Crippen MR) is 94.0 cm³/mol. The maximum atomic E-state index is 12.1. The number of carbonyl (C=O) groups excluding carboxylic acids is 2. The summed E-state index contributed by atoms with van der Waals surface area (Å²) < 4.78 is 0.